The molecule has 2 fully saturated rings. The van der Waals surface area contributed by atoms with Crippen molar-refractivity contribution in [3.63, 3.8) is 0 Å². The molecule has 0 aromatic carbocycles. The Bertz CT molecular complexity index is 294. The summed E-state index contributed by atoms with van der Waals surface area (Å²) in [6, 6.07) is 0.837. The number of likely N-dealkylation sites (tertiary alicyclic amines) is 1. The van der Waals surface area contributed by atoms with Gasteiger partial charge in [0, 0.05) is 12.6 Å². The van der Waals surface area contributed by atoms with E-state index in [1.54, 1.807) is 0 Å². The second kappa shape index (κ2) is 6.79. The number of piperidine rings is 1. The van der Waals surface area contributed by atoms with Gasteiger partial charge in [-0.1, -0.05) is 34.1 Å². The third-order valence-electron chi connectivity index (χ3n) is 6.13. The zero-order chi connectivity index (χ0) is 14.8. The maximum absolute atomic E-state index is 5.97. The van der Waals surface area contributed by atoms with Crippen molar-refractivity contribution in [1.29, 1.82) is 0 Å². The molecule has 1 saturated carbocycles. The van der Waals surface area contributed by atoms with E-state index in [1.165, 1.54) is 51.6 Å². The lowest BCUT2D eigenvalue weighted by Gasteiger charge is -2.41. The lowest BCUT2D eigenvalue weighted by molar-refractivity contribution is 0.0817. The second-order valence-corrected chi connectivity index (χ2v) is 8.48. The van der Waals surface area contributed by atoms with Gasteiger partial charge in [-0.15, -0.1) is 0 Å². The Morgan fingerprint density at radius 1 is 1.05 bits per heavy atom. The predicted octanol–water partition coefficient (Wildman–Crippen LogP) is 3.90. The average Bonchev–Trinajstić information content (AvgIpc) is 2.64. The van der Waals surface area contributed by atoms with Crippen LogP contribution < -0.4 is 5.73 Å². The van der Waals surface area contributed by atoms with Gasteiger partial charge in [0.15, 0.2) is 0 Å². The summed E-state index contributed by atoms with van der Waals surface area (Å²) in [6.45, 7) is 13.1. The molecule has 4 atom stereocenters. The van der Waals surface area contributed by atoms with Crippen LogP contribution in [-0.2, 0) is 0 Å². The van der Waals surface area contributed by atoms with Crippen molar-refractivity contribution in [2.45, 2.75) is 72.3 Å². The van der Waals surface area contributed by atoms with Crippen LogP contribution in [0, 0.1) is 23.2 Å². The van der Waals surface area contributed by atoms with E-state index in [4.69, 9.17) is 5.73 Å². The van der Waals surface area contributed by atoms with Gasteiger partial charge < -0.3 is 10.6 Å². The molecule has 2 heteroatoms. The number of hydrogen-bond acceptors (Lipinski definition) is 2. The van der Waals surface area contributed by atoms with Crippen molar-refractivity contribution >= 4 is 0 Å². The third kappa shape index (κ3) is 3.98. The molecule has 1 heterocycles. The summed E-state index contributed by atoms with van der Waals surface area (Å²) < 4.78 is 0. The van der Waals surface area contributed by atoms with Gasteiger partial charge in [0.05, 0.1) is 0 Å². The highest BCUT2D eigenvalue weighted by Crippen LogP contribution is 2.38. The zero-order valence-electron chi connectivity index (χ0n) is 14.2. The molecule has 4 unspecified atom stereocenters. The zero-order valence-corrected chi connectivity index (χ0v) is 14.2. The van der Waals surface area contributed by atoms with Gasteiger partial charge in [0.1, 0.15) is 0 Å². The quantitative estimate of drug-likeness (QED) is 0.777. The molecule has 0 radical (unpaired) electrons. The minimum Gasteiger partial charge on any atom is -0.330 e. The van der Waals surface area contributed by atoms with Crippen molar-refractivity contribution < 1.29 is 0 Å². The summed E-state index contributed by atoms with van der Waals surface area (Å²) in [5, 5.41) is 0. The minimum atomic E-state index is 0.491. The lowest BCUT2D eigenvalue weighted by atomic mass is 9.76. The van der Waals surface area contributed by atoms with Crippen LogP contribution in [0.25, 0.3) is 0 Å². The van der Waals surface area contributed by atoms with E-state index >= 15 is 0 Å². The molecule has 1 aliphatic heterocycles. The van der Waals surface area contributed by atoms with Crippen molar-refractivity contribution in [3.05, 3.63) is 0 Å². The van der Waals surface area contributed by atoms with Crippen LogP contribution in [0.2, 0.25) is 0 Å². The summed E-state index contributed by atoms with van der Waals surface area (Å²) in [5.74, 6) is 2.47. The highest BCUT2D eigenvalue weighted by atomic mass is 15.2. The van der Waals surface area contributed by atoms with Crippen LogP contribution >= 0.6 is 0 Å². The SMILES string of the molecule is CC1CCN(C2CCCC(C(C)(C)C)CC2)CC1CN. The summed E-state index contributed by atoms with van der Waals surface area (Å²) in [7, 11) is 0. The Kier molecular flexibility index (Phi) is 5.53. The van der Waals surface area contributed by atoms with E-state index in [9.17, 15) is 0 Å². The van der Waals surface area contributed by atoms with Gasteiger partial charge in [-0.2, -0.15) is 0 Å². The first-order valence-electron chi connectivity index (χ1n) is 8.86. The van der Waals surface area contributed by atoms with E-state index < -0.39 is 0 Å². The highest BCUT2D eigenvalue weighted by molar-refractivity contribution is 4.86. The van der Waals surface area contributed by atoms with Crippen LogP contribution in [0.5, 0.6) is 0 Å². The summed E-state index contributed by atoms with van der Waals surface area (Å²) in [5.41, 5.74) is 6.46. The molecule has 2 aliphatic rings. The Morgan fingerprint density at radius 3 is 2.45 bits per heavy atom. The Hall–Kier alpha value is -0.0800. The number of nitrogens with two attached hydrogens (primary N) is 1. The van der Waals surface area contributed by atoms with Crippen LogP contribution in [-0.4, -0.2) is 30.6 Å². The van der Waals surface area contributed by atoms with E-state index in [0.717, 1.165) is 30.3 Å². The molecule has 0 bridgehead atoms. The van der Waals surface area contributed by atoms with Crippen molar-refractivity contribution in [2.24, 2.45) is 28.9 Å². The molecule has 20 heavy (non-hydrogen) atoms. The molecule has 0 amide bonds. The monoisotopic (exact) mass is 280 g/mol. The van der Waals surface area contributed by atoms with Crippen LogP contribution in [0.15, 0.2) is 0 Å². The molecular formula is C18H36N2. The van der Waals surface area contributed by atoms with Crippen LogP contribution in [0.3, 0.4) is 0 Å². The van der Waals surface area contributed by atoms with E-state index in [1.807, 2.05) is 0 Å². The molecule has 0 aromatic rings. The van der Waals surface area contributed by atoms with E-state index in [2.05, 4.69) is 32.6 Å². The van der Waals surface area contributed by atoms with Crippen molar-refractivity contribution in [3.8, 4) is 0 Å². The standard InChI is InChI=1S/C18H36N2/c1-14-10-11-20(13-15(14)12-19)17-7-5-6-16(8-9-17)18(2,3)4/h14-17H,5-13,19H2,1-4H3. The number of hydrogen-bond donors (Lipinski definition) is 1. The van der Waals surface area contributed by atoms with E-state index in [0.29, 0.717) is 5.41 Å². The van der Waals surface area contributed by atoms with E-state index in [-0.39, 0.29) is 0 Å². The smallest absolute Gasteiger partial charge is 0.00954 e. The fourth-order valence-electron chi connectivity index (χ4n) is 4.33. The minimum absolute atomic E-state index is 0.491. The van der Waals surface area contributed by atoms with Crippen LogP contribution in [0.4, 0.5) is 0 Å². The second-order valence-electron chi connectivity index (χ2n) is 8.48. The van der Waals surface area contributed by atoms with Gasteiger partial charge in [-0.05, 0) is 68.4 Å². The Morgan fingerprint density at radius 2 is 1.80 bits per heavy atom. The normalized spacial score (nSPS) is 37.6. The Labute approximate surface area is 126 Å². The molecule has 0 spiro atoms. The fourth-order valence-corrected chi connectivity index (χ4v) is 4.33. The molecule has 1 aliphatic carbocycles. The van der Waals surface area contributed by atoms with Crippen molar-refractivity contribution in [1.82, 2.24) is 4.90 Å². The summed E-state index contributed by atoms with van der Waals surface area (Å²) >= 11 is 0. The first-order chi connectivity index (χ1) is 9.41. The van der Waals surface area contributed by atoms with Gasteiger partial charge in [-0.3, -0.25) is 0 Å². The third-order valence-corrected chi connectivity index (χ3v) is 6.13. The molecule has 2 N–H and O–H groups in total. The summed E-state index contributed by atoms with van der Waals surface area (Å²) in [4.78, 5) is 2.78. The van der Waals surface area contributed by atoms with Gasteiger partial charge in [0.25, 0.3) is 0 Å². The highest BCUT2D eigenvalue weighted by Gasteiger charge is 2.33. The first kappa shape index (κ1) is 16.3. The maximum Gasteiger partial charge on any atom is 0.00954 e. The largest absolute Gasteiger partial charge is 0.330 e. The number of rotatable bonds is 2. The topological polar surface area (TPSA) is 29.3 Å². The number of nitrogens with zero attached hydrogens (tertiary/aromatic N) is 1. The van der Waals surface area contributed by atoms with Gasteiger partial charge in [-0.25, -0.2) is 0 Å². The van der Waals surface area contributed by atoms with Gasteiger partial charge in [0.2, 0.25) is 0 Å². The van der Waals surface area contributed by atoms with Crippen LogP contribution in [0.1, 0.15) is 66.2 Å². The van der Waals surface area contributed by atoms with Gasteiger partial charge >= 0.3 is 0 Å². The molecule has 2 nitrogen and oxygen atoms in total. The molecular weight excluding hydrogens is 244 g/mol. The first-order valence-corrected chi connectivity index (χ1v) is 8.86. The molecule has 2 rings (SSSR count). The molecule has 1 saturated heterocycles. The molecule has 0 aromatic heterocycles. The Balaban J connectivity index is 1.90. The molecule has 118 valence electrons. The maximum atomic E-state index is 5.97. The predicted molar refractivity (Wildman–Crippen MR) is 87.7 cm³/mol. The fraction of sp³-hybridized carbons (Fsp3) is 1.00. The average molecular weight is 280 g/mol. The lowest BCUT2D eigenvalue weighted by Crippen LogP contribution is -2.47. The summed E-state index contributed by atoms with van der Waals surface area (Å²) in [6.07, 6.45) is 8.46. The van der Waals surface area contributed by atoms with Crippen molar-refractivity contribution in [2.75, 3.05) is 19.6 Å².